The van der Waals surface area contributed by atoms with E-state index in [0.29, 0.717) is 11.4 Å². The summed E-state index contributed by atoms with van der Waals surface area (Å²) in [5, 5.41) is 0. The molecule has 1 aromatic carbocycles. The molecule has 4 nitrogen and oxygen atoms in total. The molecule has 2 rings (SSSR count). The van der Waals surface area contributed by atoms with Gasteiger partial charge in [0.1, 0.15) is 0 Å². The van der Waals surface area contributed by atoms with Gasteiger partial charge in [-0.2, -0.15) is 0 Å². The molecule has 106 valence electrons. The van der Waals surface area contributed by atoms with Crippen LogP contribution in [0.15, 0.2) is 27.6 Å². The minimum Gasteiger partial charge on any atom is -0.329 e. The number of nitrogens with one attached hydrogen (secondary N) is 1. The van der Waals surface area contributed by atoms with Gasteiger partial charge in [0.2, 0.25) is 10.0 Å². The molecule has 0 heterocycles. The smallest absolute Gasteiger partial charge is 0.241 e. The highest BCUT2D eigenvalue weighted by Crippen LogP contribution is 2.31. The van der Waals surface area contributed by atoms with Crippen molar-refractivity contribution in [1.29, 1.82) is 0 Å². The van der Waals surface area contributed by atoms with Crippen LogP contribution in [0.1, 0.15) is 31.2 Å². The van der Waals surface area contributed by atoms with Gasteiger partial charge in [-0.1, -0.05) is 28.8 Å². The van der Waals surface area contributed by atoms with Crippen LogP contribution in [-0.4, -0.2) is 20.5 Å². The summed E-state index contributed by atoms with van der Waals surface area (Å²) in [6, 6.07) is 5.17. The molecule has 1 aliphatic rings. The standard InChI is InChI=1S/C13H19BrN2O2S/c1-10-8-11(14)4-5-12(10)19(17,18)16-13(9-15)6-2-3-7-13/h4-5,8,16H,2-3,6-7,9,15H2,1H3. The summed E-state index contributed by atoms with van der Waals surface area (Å²) in [7, 11) is -3.51. The molecule has 1 saturated carbocycles. The number of rotatable bonds is 4. The Balaban J connectivity index is 2.32. The first kappa shape index (κ1) is 15.0. The normalized spacial score (nSPS) is 18.7. The summed E-state index contributed by atoms with van der Waals surface area (Å²) in [6.07, 6.45) is 3.69. The van der Waals surface area contributed by atoms with Gasteiger partial charge in [-0.15, -0.1) is 0 Å². The lowest BCUT2D eigenvalue weighted by atomic mass is 10.0. The van der Waals surface area contributed by atoms with Crippen LogP contribution in [0.5, 0.6) is 0 Å². The SMILES string of the molecule is Cc1cc(Br)ccc1S(=O)(=O)NC1(CN)CCCC1. The maximum Gasteiger partial charge on any atom is 0.241 e. The Kier molecular flexibility index (Phi) is 4.35. The van der Waals surface area contributed by atoms with Crippen LogP contribution in [-0.2, 0) is 10.0 Å². The van der Waals surface area contributed by atoms with E-state index in [4.69, 9.17) is 5.73 Å². The highest BCUT2D eigenvalue weighted by Gasteiger charge is 2.37. The van der Waals surface area contributed by atoms with Crippen molar-refractivity contribution in [3.63, 3.8) is 0 Å². The molecule has 0 radical (unpaired) electrons. The van der Waals surface area contributed by atoms with Crippen molar-refractivity contribution in [2.45, 2.75) is 43.0 Å². The van der Waals surface area contributed by atoms with Gasteiger partial charge in [-0.3, -0.25) is 0 Å². The molecule has 1 fully saturated rings. The number of hydrogen-bond donors (Lipinski definition) is 2. The second-order valence-electron chi connectivity index (χ2n) is 5.21. The number of halogens is 1. The number of aryl methyl sites for hydroxylation is 1. The van der Waals surface area contributed by atoms with Gasteiger partial charge < -0.3 is 5.73 Å². The molecule has 0 atom stereocenters. The lowest BCUT2D eigenvalue weighted by molar-refractivity contribution is 0.399. The lowest BCUT2D eigenvalue weighted by Crippen LogP contribution is -2.51. The van der Waals surface area contributed by atoms with Gasteiger partial charge in [-0.05, 0) is 43.5 Å². The fourth-order valence-electron chi connectivity index (χ4n) is 2.65. The average molecular weight is 347 g/mol. The number of benzene rings is 1. The van der Waals surface area contributed by atoms with Gasteiger partial charge in [0.15, 0.2) is 0 Å². The molecule has 0 spiro atoms. The number of sulfonamides is 1. The van der Waals surface area contributed by atoms with Crippen LogP contribution in [0.3, 0.4) is 0 Å². The van der Waals surface area contributed by atoms with Crippen LogP contribution < -0.4 is 10.5 Å². The van der Waals surface area contributed by atoms with Crippen LogP contribution >= 0.6 is 15.9 Å². The monoisotopic (exact) mass is 346 g/mol. The van der Waals surface area contributed by atoms with E-state index in [1.807, 2.05) is 0 Å². The molecule has 0 amide bonds. The Bertz CT molecular complexity index is 566. The van der Waals surface area contributed by atoms with Crippen LogP contribution in [0.2, 0.25) is 0 Å². The van der Waals surface area contributed by atoms with E-state index in [9.17, 15) is 8.42 Å². The highest BCUT2D eigenvalue weighted by molar-refractivity contribution is 9.10. The van der Waals surface area contributed by atoms with Crippen molar-refractivity contribution in [1.82, 2.24) is 4.72 Å². The molecular formula is C13H19BrN2O2S. The average Bonchev–Trinajstić information content (AvgIpc) is 2.77. The molecule has 19 heavy (non-hydrogen) atoms. The molecular weight excluding hydrogens is 328 g/mol. The highest BCUT2D eigenvalue weighted by atomic mass is 79.9. The van der Waals surface area contributed by atoms with E-state index in [0.717, 1.165) is 35.7 Å². The third-order valence-electron chi connectivity index (χ3n) is 3.73. The van der Waals surface area contributed by atoms with Crippen molar-refractivity contribution in [2.24, 2.45) is 5.73 Å². The quantitative estimate of drug-likeness (QED) is 0.878. The Labute approximate surface area is 122 Å². The van der Waals surface area contributed by atoms with E-state index < -0.39 is 15.6 Å². The van der Waals surface area contributed by atoms with Gasteiger partial charge in [-0.25, -0.2) is 13.1 Å². The molecule has 1 aliphatic carbocycles. The minimum atomic E-state index is -3.51. The zero-order valence-electron chi connectivity index (χ0n) is 10.9. The maximum absolute atomic E-state index is 12.5. The molecule has 0 saturated heterocycles. The van der Waals surface area contributed by atoms with E-state index in [1.54, 1.807) is 25.1 Å². The van der Waals surface area contributed by atoms with Gasteiger partial charge in [0.25, 0.3) is 0 Å². The topological polar surface area (TPSA) is 72.2 Å². The van der Waals surface area contributed by atoms with Gasteiger partial charge in [0.05, 0.1) is 4.90 Å². The summed E-state index contributed by atoms with van der Waals surface area (Å²) in [5.74, 6) is 0. The molecule has 0 bridgehead atoms. The summed E-state index contributed by atoms with van der Waals surface area (Å²) in [4.78, 5) is 0.329. The first-order valence-electron chi connectivity index (χ1n) is 6.39. The van der Waals surface area contributed by atoms with Crippen molar-refractivity contribution in [2.75, 3.05) is 6.54 Å². The minimum absolute atomic E-state index is 0.329. The Morgan fingerprint density at radius 3 is 2.53 bits per heavy atom. The lowest BCUT2D eigenvalue weighted by Gasteiger charge is -2.28. The molecule has 3 N–H and O–H groups in total. The van der Waals surface area contributed by atoms with Gasteiger partial charge >= 0.3 is 0 Å². The van der Waals surface area contributed by atoms with E-state index in [1.165, 1.54) is 0 Å². The third kappa shape index (κ3) is 3.18. The van der Waals surface area contributed by atoms with Crippen molar-refractivity contribution in [3.8, 4) is 0 Å². The first-order valence-corrected chi connectivity index (χ1v) is 8.66. The van der Waals surface area contributed by atoms with E-state index in [2.05, 4.69) is 20.7 Å². The molecule has 1 aromatic rings. The predicted molar refractivity (Wildman–Crippen MR) is 79.5 cm³/mol. The Hall–Kier alpha value is -0.430. The summed E-state index contributed by atoms with van der Waals surface area (Å²) >= 11 is 3.34. The second kappa shape index (κ2) is 5.52. The van der Waals surface area contributed by atoms with E-state index in [-0.39, 0.29) is 0 Å². The van der Waals surface area contributed by atoms with Crippen LogP contribution in [0.25, 0.3) is 0 Å². The zero-order chi connectivity index (χ0) is 14.1. The second-order valence-corrected chi connectivity index (χ2v) is 7.77. The van der Waals surface area contributed by atoms with Crippen molar-refractivity contribution in [3.05, 3.63) is 28.2 Å². The van der Waals surface area contributed by atoms with Crippen LogP contribution in [0.4, 0.5) is 0 Å². The number of hydrogen-bond acceptors (Lipinski definition) is 3. The van der Waals surface area contributed by atoms with Crippen LogP contribution in [0, 0.1) is 6.92 Å². The molecule has 6 heteroatoms. The first-order chi connectivity index (χ1) is 8.88. The Morgan fingerprint density at radius 2 is 2.00 bits per heavy atom. The fourth-order valence-corrected chi connectivity index (χ4v) is 4.83. The molecule has 0 aliphatic heterocycles. The van der Waals surface area contributed by atoms with Crippen molar-refractivity contribution < 1.29 is 8.42 Å². The maximum atomic E-state index is 12.5. The van der Waals surface area contributed by atoms with E-state index >= 15 is 0 Å². The third-order valence-corrected chi connectivity index (χ3v) is 5.96. The zero-order valence-corrected chi connectivity index (χ0v) is 13.4. The number of nitrogens with two attached hydrogens (primary N) is 1. The molecule has 0 unspecified atom stereocenters. The largest absolute Gasteiger partial charge is 0.329 e. The van der Waals surface area contributed by atoms with Crippen molar-refractivity contribution >= 4 is 26.0 Å². The summed E-state index contributed by atoms with van der Waals surface area (Å²) < 4.78 is 28.7. The molecule has 0 aromatic heterocycles. The predicted octanol–water partition coefficient (Wildman–Crippen LogP) is 2.31. The van der Waals surface area contributed by atoms with Gasteiger partial charge in [0, 0.05) is 16.6 Å². The summed E-state index contributed by atoms with van der Waals surface area (Å²) in [5.41, 5.74) is 6.05. The summed E-state index contributed by atoms with van der Waals surface area (Å²) in [6.45, 7) is 2.14. The Morgan fingerprint density at radius 1 is 1.37 bits per heavy atom. The fraction of sp³-hybridized carbons (Fsp3) is 0.538.